The van der Waals surface area contributed by atoms with Gasteiger partial charge in [-0.3, -0.25) is 9.89 Å². The van der Waals surface area contributed by atoms with Gasteiger partial charge in [0.1, 0.15) is 0 Å². The van der Waals surface area contributed by atoms with Crippen molar-refractivity contribution in [3.05, 3.63) is 65.4 Å². The number of fused-ring (bicyclic) bond motifs is 1. The van der Waals surface area contributed by atoms with Crippen molar-refractivity contribution in [1.29, 1.82) is 0 Å². The van der Waals surface area contributed by atoms with Crippen molar-refractivity contribution >= 4 is 22.8 Å². The van der Waals surface area contributed by atoms with E-state index in [0.717, 1.165) is 41.4 Å². The van der Waals surface area contributed by atoms with Crippen LogP contribution in [0.4, 0.5) is 0 Å². The lowest BCUT2D eigenvalue weighted by atomic mass is 9.88. The third-order valence-corrected chi connectivity index (χ3v) is 5.59. The van der Waals surface area contributed by atoms with Crippen molar-refractivity contribution < 1.29 is 14.7 Å². The average Bonchev–Trinajstić information content (AvgIpc) is 3.12. The van der Waals surface area contributed by atoms with Gasteiger partial charge in [0, 0.05) is 18.5 Å². The minimum Gasteiger partial charge on any atom is -0.478 e. The fourth-order valence-electron chi connectivity index (χ4n) is 4.02. The Balaban J connectivity index is 1.35. The molecule has 0 spiro atoms. The molecule has 1 saturated heterocycles. The maximum Gasteiger partial charge on any atom is 0.335 e. The Bertz CT molecular complexity index is 1000. The van der Waals surface area contributed by atoms with Gasteiger partial charge in [0.15, 0.2) is 0 Å². The molecule has 144 valence electrons. The minimum absolute atomic E-state index is 0.110. The first-order valence-electron chi connectivity index (χ1n) is 9.63. The quantitative estimate of drug-likeness (QED) is 0.714. The second-order valence-electron chi connectivity index (χ2n) is 7.39. The van der Waals surface area contributed by atoms with Gasteiger partial charge in [-0.2, -0.15) is 5.10 Å². The number of hydrogen-bond donors (Lipinski definition) is 2. The Kier molecular flexibility index (Phi) is 5.10. The molecule has 1 fully saturated rings. The Morgan fingerprint density at radius 2 is 1.79 bits per heavy atom. The van der Waals surface area contributed by atoms with Crippen molar-refractivity contribution in [1.82, 2.24) is 15.1 Å². The molecule has 1 amide bonds. The molecule has 4 rings (SSSR count). The van der Waals surface area contributed by atoms with E-state index in [0.29, 0.717) is 31.0 Å². The number of carboxylic acids is 1. The van der Waals surface area contributed by atoms with E-state index in [1.807, 2.05) is 41.3 Å². The third-order valence-electron chi connectivity index (χ3n) is 5.59. The van der Waals surface area contributed by atoms with Gasteiger partial charge in [-0.25, -0.2) is 4.79 Å². The number of carboxylic acid groups (broad SMARTS) is 1. The summed E-state index contributed by atoms with van der Waals surface area (Å²) in [5.41, 5.74) is 3.00. The first-order valence-corrected chi connectivity index (χ1v) is 9.63. The molecule has 0 unspecified atom stereocenters. The van der Waals surface area contributed by atoms with Gasteiger partial charge in [-0.1, -0.05) is 36.4 Å². The molecular weight excluding hydrogens is 354 g/mol. The average molecular weight is 377 g/mol. The standard InChI is InChI=1S/C22H23N3O3/c26-21(14-20-18-7-3-4-8-19(18)23-24-20)25-11-9-15(10-12-25)13-16-5-1-2-6-17(16)22(27)28/h1-8,15H,9-14H2,(H,23,24)(H,27,28). The van der Waals surface area contributed by atoms with E-state index in [9.17, 15) is 14.7 Å². The molecule has 0 saturated carbocycles. The van der Waals surface area contributed by atoms with Gasteiger partial charge in [0.05, 0.1) is 23.2 Å². The van der Waals surface area contributed by atoms with Crippen LogP contribution in [0.15, 0.2) is 48.5 Å². The Morgan fingerprint density at radius 1 is 1.07 bits per heavy atom. The lowest BCUT2D eigenvalue weighted by Gasteiger charge is -2.32. The van der Waals surface area contributed by atoms with Crippen LogP contribution in [0.25, 0.3) is 10.9 Å². The largest absolute Gasteiger partial charge is 0.478 e. The predicted octanol–water partition coefficient (Wildman–Crippen LogP) is 3.28. The fourth-order valence-corrected chi connectivity index (χ4v) is 4.02. The number of carbonyl (C=O) groups excluding carboxylic acids is 1. The number of nitrogens with one attached hydrogen (secondary N) is 1. The van der Waals surface area contributed by atoms with Crippen molar-refractivity contribution in [2.24, 2.45) is 5.92 Å². The van der Waals surface area contributed by atoms with Crippen molar-refractivity contribution in [2.75, 3.05) is 13.1 Å². The number of aromatic carboxylic acids is 1. The van der Waals surface area contributed by atoms with Crippen molar-refractivity contribution in [3.63, 3.8) is 0 Å². The summed E-state index contributed by atoms with van der Waals surface area (Å²) in [6.45, 7) is 1.43. The van der Waals surface area contributed by atoms with Crippen LogP contribution in [0.5, 0.6) is 0 Å². The minimum atomic E-state index is -0.880. The zero-order valence-electron chi connectivity index (χ0n) is 15.6. The van der Waals surface area contributed by atoms with Crippen LogP contribution in [-0.2, 0) is 17.6 Å². The Morgan fingerprint density at radius 3 is 2.57 bits per heavy atom. The zero-order chi connectivity index (χ0) is 19.5. The molecule has 2 N–H and O–H groups in total. The number of piperidine rings is 1. The number of benzene rings is 2. The third kappa shape index (κ3) is 3.76. The lowest BCUT2D eigenvalue weighted by Crippen LogP contribution is -2.39. The molecule has 1 aliphatic rings. The SMILES string of the molecule is O=C(O)c1ccccc1CC1CCN(C(=O)Cc2[nH]nc3ccccc23)CC1. The monoisotopic (exact) mass is 377 g/mol. The summed E-state index contributed by atoms with van der Waals surface area (Å²) in [5.74, 6) is -0.369. The highest BCUT2D eigenvalue weighted by Crippen LogP contribution is 2.24. The fraction of sp³-hybridized carbons (Fsp3) is 0.318. The highest BCUT2D eigenvalue weighted by Gasteiger charge is 2.25. The molecule has 28 heavy (non-hydrogen) atoms. The number of nitrogens with zero attached hydrogens (tertiary/aromatic N) is 2. The molecule has 1 aromatic heterocycles. The number of aromatic nitrogens is 2. The molecule has 2 heterocycles. The summed E-state index contributed by atoms with van der Waals surface area (Å²) in [6.07, 6.45) is 2.86. The molecule has 1 aliphatic heterocycles. The summed E-state index contributed by atoms with van der Waals surface area (Å²) >= 11 is 0. The van der Waals surface area contributed by atoms with Crippen molar-refractivity contribution in [2.45, 2.75) is 25.7 Å². The maximum atomic E-state index is 12.7. The second kappa shape index (κ2) is 7.84. The van der Waals surface area contributed by atoms with Gasteiger partial charge < -0.3 is 10.0 Å². The van der Waals surface area contributed by atoms with Crippen molar-refractivity contribution in [3.8, 4) is 0 Å². The highest BCUT2D eigenvalue weighted by atomic mass is 16.4. The first kappa shape index (κ1) is 18.2. The highest BCUT2D eigenvalue weighted by molar-refractivity contribution is 5.89. The van der Waals surface area contributed by atoms with E-state index in [1.165, 1.54) is 0 Å². The van der Waals surface area contributed by atoms with Gasteiger partial charge in [0.2, 0.25) is 5.91 Å². The Labute approximate surface area is 163 Å². The molecule has 6 nitrogen and oxygen atoms in total. The van der Waals surface area contributed by atoms with Crippen LogP contribution >= 0.6 is 0 Å². The van der Waals surface area contributed by atoms with E-state index in [4.69, 9.17) is 0 Å². The summed E-state index contributed by atoms with van der Waals surface area (Å²) in [7, 11) is 0. The number of amides is 1. The predicted molar refractivity (Wildman–Crippen MR) is 106 cm³/mol. The van der Waals surface area contributed by atoms with Gasteiger partial charge in [-0.15, -0.1) is 0 Å². The summed E-state index contributed by atoms with van der Waals surface area (Å²) in [4.78, 5) is 26.0. The van der Waals surface area contributed by atoms with Gasteiger partial charge in [0.25, 0.3) is 0 Å². The van der Waals surface area contributed by atoms with Gasteiger partial charge >= 0.3 is 5.97 Å². The van der Waals surface area contributed by atoms with Crippen LogP contribution in [0.2, 0.25) is 0 Å². The summed E-state index contributed by atoms with van der Waals surface area (Å²) in [6, 6.07) is 15.0. The number of hydrogen-bond acceptors (Lipinski definition) is 3. The number of aromatic amines is 1. The maximum absolute atomic E-state index is 12.7. The molecule has 3 aromatic rings. The smallest absolute Gasteiger partial charge is 0.335 e. The number of carbonyl (C=O) groups is 2. The molecule has 6 heteroatoms. The number of H-pyrrole nitrogens is 1. The molecule has 0 atom stereocenters. The zero-order valence-corrected chi connectivity index (χ0v) is 15.6. The van der Waals surface area contributed by atoms with E-state index in [-0.39, 0.29) is 5.91 Å². The van der Waals surface area contributed by atoms with E-state index < -0.39 is 5.97 Å². The normalized spacial score (nSPS) is 15.1. The number of rotatable bonds is 5. The lowest BCUT2D eigenvalue weighted by molar-refractivity contribution is -0.131. The molecular formula is C22H23N3O3. The number of para-hydroxylation sites is 1. The van der Waals surface area contributed by atoms with E-state index >= 15 is 0 Å². The molecule has 2 aromatic carbocycles. The topological polar surface area (TPSA) is 86.3 Å². The van der Waals surface area contributed by atoms with Crippen LogP contribution in [0.3, 0.4) is 0 Å². The Hall–Kier alpha value is -3.15. The summed E-state index contributed by atoms with van der Waals surface area (Å²) < 4.78 is 0. The van der Waals surface area contributed by atoms with Crippen LogP contribution in [-0.4, -0.2) is 45.2 Å². The van der Waals surface area contributed by atoms with Crippen LogP contribution in [0.1, 0.15) is 34.5 Å². The number of likely N-dealkylation sites (tertiary alicyclic amines) is 1. The van der Waals surface area contributed by atoms with E-state index in [2.05, 4.69) is 10.2 Å². The van der Waals surface area contributed by atoms with Crippen LogP contribution in [0, 0.1) is 5.92 Å². The second-order valence-corrected chi connectivity index (χ2v) is 7.39. The van der Waals surface area contributed by atoms with Gasteiger partial charge in [-0.05, 0) is 42.9 Å². The van der Waals surface area contributed by atoms with E-state index in [1.54, 1.807) is 12.1 Å². The summed E-state index contributed by atoms with van der Waals surface area (Å²) in [5, 5.41) is 17.6. The molecule has 0 aliphatic carbocycles. The first-order chi connectivity index (χ1) is 13.6. The molecule has 0 radical (unpaired) electrons. The molecule has 0 bridgehead atoms. The van der Waals surface area contributed by atoms with Crippen LogP contribution < -0.4 is 0 Å².